The number of nitrogens with two attached hydrogens (primary N) is 1. The molecule has 1 saturated heterocycles. The number of rotatable bonds is 6. The fourth-order valence-electron chi connectivity index (χ4n) is 3.12. The van der Waals surface area contributed by atoms with Crippen LogP contribution in [0.1, 0.15) is 53.2 Å². The third kappa shape index (κ3) is 13.9. The Morgan fingerprint density at radius 3 is 1.92 bits per heavy atom. The molecule has 211 valence electrons. The van der Waals surface area contributed by atoms with Crippen LogP contribution < -0.4 is 5.73 Å². The molecule has 0 saturated carbocycles. The predicted octanol–water partition coefficient (Wildman–Crippen LogP) is -0.426. The summed E-state index contributed by atoms with van der Waals surface area (Å²) >= 11 is 0. The summed E-state index contributed by atoms with van der Waals surface area (Å²) in [5.41, 5.74) is 6.75. The summed E-state index contributed by atoms with van der Waals surface area (Å²) < 4.78 is 7.22. The number of nitrogens with zero attached hydrogens (tertiary/aromatic N) is 5. The van der Waals surface area contributed by atoms with Gasteiger partial charge in [0.1, 0.15) is 24.2 Å². The molecule has 1 radical (unpaired) electrons. The average Bonchev–Trinajstić information content (AvgIpc) is 3.31. The SMILES string of the molecule is CC(O)CC(C)O.CC(O)CC(C)O.Nc1ncnc2c1ncn2C1CC(O)C(CO)O1.O=N[O-].[Co]. The zero-order chi connectivity index (χ0) is 27.1. The van der Waals surface area contributed by atoms with E-state index in [2.05, 4.69) is 15.0 Å². The molecular formula is C20H37CoN6O9-. The van der Waals surface area contributed by atoms with Crippen LogP contribution in [0.3, 0.4) is 0 Å². The van der Waals surface area contributed by atoms with E-state index in [1.165, 1.54) is 6.33 Å². The van der Waals surface area contributed by atoms with Crippen LogP contribution in [-0.4, -0.2) is 93.4 Å². The number of aliphatic hydroxyl groups excluding tert-OH is 6. The number of aromatic nitrogens is 4. The predicted molar refractivity (Wildman–Crippen MR) is 126 cm³/mol. The van der Waals surface area contributed by atoms with Crippen molar-refractivity contribution < 1.29 is 52.2 Å². The second-order valence-electron chi connectivity index (χ2n) is 8.14. The van der Waals surface area contributed by atoms with E-state index in [4.69, 9.17) is 46.1 Å². The van der Waals surface area contributed by atoms with Gasteiger partial charge in [-0.15, -0.1) is 5.34 Å². The smallest absolute Gasteiger partial charge is 0.167 e. The van der Waals surface area contributed by atoms with Gasteiger partial charge in [0, 0.05) is 23.2 Å². The summed E-state index contributed by atoms with van der Waals surface area (Å²) in [6.07, 6.45) is 1.04. The van der Waals surface area contributed by atoms with Gasteiger partial charge in [0.25, 0.3) is 0 Å². The number of fused-ring (bicyclic) bond motifs is 1. The largest absolute Gasteiger partial charge is 0.444 e. The Hall–Kier alpha value is -2.02. The topological polar surface area (TPSA) is 253 Å². The number of ether oxygens (including phenoxy) is 1. The summed E-state index contributed by atoms with van der Waals surface area (Å²) in [4.78, 5) is 20.1. The zero-order valence-corrected chi connectivity index (χ0v) is 21.6. The van der Waals surface area contributed by atoms with E-state index in [-0.39, 0.29) is 47.8 Å². The van der Waals surface area contributed by atoms with Gasteiger partial charge in [-0.25, -0.2) is 15.0 Å². The van der Waals surface area contributed by atoms with Gasteiger partial charge in [-0.3, -0.25) is 4.57 Å². The van der Waals surface area contributed by atoms with Gasteiger partial charge >= 0.3 is 0 Å². The monoisotopic (exact) mass is 564 g/mol. The quantitative estimate of drug-likeness (QED) is 0.174. The molecule has 2 aromatic heterocycles. The van der Waals surface area contributed by atoms with Gasteiger partial charge < -0.3 is 51.2 Å². The first-order valence-electron chi connectivity index (χ1n) is 10.9. The fourth-order valence-corrected chi connectivity index (χ4v) is 3.12. The van der Waals surface area contributed by atoms with Crippen molar-refractivity contribution in [3.63, 3.8) is 0 Å². The Morgan fingerprint density at radius 1 is 1.08 bits per heavy atom. The first-order valence-corrected chi connectivity index (χ1v) is 10.9. The minimum Gasteiger partial charge on any atom is -0.444 e. The summed E-state index contributed by atoms with van der Waals surface area (Å²) in [5, 5.41) is 62.0. The summed E-state index contributed by atoms with van der Waals surface area (Å²) in [7, 11) is 0. The van der Waals surface area contributed by atoms with Crippen LogP contribution in [0.25, 0.3) is 11.2 Å². The molecule has 36 heavy (non-hydrogen) atoms. The van der Waals surface area contributed by atoms with E-state index in [9.17, 15) is 5.11 Å². The molecule has 2 aromatic rings. The van der Waals surface area contributed by atoms with Crippen molar-refractivity contribution in [2.75, 3.05) is 12.3 Å². The number of hydrogen-bond acceptors (Lipinski definition) is 14. The third-order valence-electron chi connectivity index (χ3n) is 4.45. The first kappa shape index (κ1) is 36.1. The number of nitrogen functional groups attached to an aromatic ring is 1. The Labute approximate surface area is 219 Å². The maximum Gasteiger partial charge on any atom is 0.167 e. The molecule has 7 unspecified atom stereocenters. The van der Waals surface area contributed by atoms with Gasteiger partial charge in [-0.05, 0) is 40.5 Å². The minimum absolute atomic E-state index is 0. The van der Waals surface area contributed by atoms with Gasteiger partial charge in [0.15, 0.2) is 11.5 Å². The normalized spacial score (nSPS) is 21.7. The fraction of sp³-hybridized carbons (Fsp3) is 0.750. The molecule has 0 bridgehead atoms. The van der Waals surface area contributed by atoms with Crippen molar-refractivity contribution in [2.24, 2.45) is 5.34 Å². The van der Waals surface area contributed by atoms with Crippen molar-refractivity contribution in [2.45, 2.75) is 89.8 Å². The van der Waals surface area contributed by atoms with Crippen molar-refractivity contribution in [3.8, 4) is 0 Å². The second kappa shape index (κ2) is 19.1. The molecule has 0 spiro atoms. The van der Waals surface area contributed by atoms with Crippen LogP contribution in [0.5, 0.6) is 0 Å². The van der Waals surface area contributed by atoms with Crippen molar-refractivity contribution in [1.82, 2.24) is 19.5 Å². The number of hydrogen-bond donors (Lipinski definition) is 7. The maximum atomic E-state index is 9.71. The van der Waals surface area contributed by atoms with Crippen LogP contribution in [0.2, 0.25) is 0 Å². The Bertz CT molecular complexity index is 815. The van der Waals surface area contributed by atoms with E-state index in [1.807, 2.05) is 0 Å². The number of imidazole rings is 1. The average molecular weight is 564 g/mol. The van der Waals surface area contributed by atoms with E-state index >= 15 is 0 Å². The van der Waals surface area contributed by atoms with Crippen LogP contribution in [0, 0.1) is 10.1 Å². The Morgan fingerprint density at radius 2 is 1.56 bits per heavy atom. The molecule has 1 aliphatic rings. The van der Waals surface area contributed by atoms with Gasteiger partial charge in [0.2, 0.25) is 0 Å². The van der Waals surface area contributed by atoms with Gasteiger partial charge in [0.05, 0.1) is 43.5 Å². The van der Waals surface area contributed by atoms with Gasteiger partial charge in [-0.1, -0.05) is 0 Å². The van der Waals surface area contributed by atoms with Crippen molar-refractivity contribution in [3.05, 3.63) is 22.8 Å². The minimum atomic E-state index is -0.698. The summed E-state index contributed by atoms with van der Waals surface area (Å²) in [6, 6.07) is 0. The molecule has 7 atom stereocenters. The molecule has 8 N–H and O–H groups in total. The van der Waals surface area contributed by atoms with Crippen molar-refractivity contribution >= 4 is 17.0 Å². The summed E-state index contributed by atoms with van der Waals surface area (Å²) in [5.74, 6) is 0.302. The molecule has 1 fully saturated rings. The molecule has 3 rings (SSSR count). The Kier molecular flexibility index (Phi) is 19.2. The molecule has 0 aromatic carbocycles. The molecule has 3 heterocycles. The molecule has 1 aliphatic heterocycles. The molecule has 15 nitrogen and oxygen atoms in total. The Balaban J connectivity index is 0. The molecule has 0 aliphatic carbocycles. The molecule has 0 amide bonds. The number of aliphatic hydroxyl groups is 6. The second-order valence-corrected chi connectivity index (χ2v) is 8.14. The van der Waals surface area contributed by atoms with E-state index in [0.29, 0.717) is 36.2 Å². The van der Waals surface area contributed by atoms with E-state index in [0.717, 1.165) is 5.34 Å². The number of anilines is 1. The van der Waals surface area contributed by atoms with Crippen molar-refractivity contribution in [1.29, 1.82) is 0 Å². The van der Waals surface area contributed by atoms with Gasteiger partial charge in [-0.2, -0.15) is 0 Å². The third-order valence-corrected chi connectivity index (χ3v) is 4.45. The van der Waals surface area contributed by atoms with E-state index in [1.54, 1.807) is 38.6 Å². The molecular weight excluding hydrogens is 527 g/mol. The van der Waals surface area contributed by atoms with Crippen LogP contribution in [0.4, 0.5) is 5.82 Å². The van der Waals surface area contributed by atoms with Crippen LogP contribution in [-0.2, 0) is 21.5 Å². The van der Waals surface area contributed by atoms with E-state index < -0.39 is 18.4 Å². The van der Waals surface area contributed by atoms with Crippen LogP contribution >= 0.6 is 0 Å². The summed E-state index contributed by atoms with van der Waals surface area (Å²) in [6.45, 7) is 6.42. The maximum absolute atomic E-state index is 9.71. The first-order chi connectivity index (χ1) is 16.4. The van der Waals surface area contributed by atoms with Crippen LogP contribution in [0.15, 0.2) is 18.0 Å². The standard InChI is InChI=1S/C10H13N5O3.2C5H12O2.Co.HNO2/c11-9-8-10(13-3-12-9)15(4-14-8)7-1-5(17)6(2-16)18-7;2*1-4(6)3-5(2)7;;2-1-3/h3-7,16-17H,1-2H2,(H2,11,12,13);2*4-7H,3H2,1-2H3;;(H,2,3)/p-1. The zero-order valence-electron chi connectivity index (χ0n) is 20.6. The molecule has 16 heteroatoms.